The average Bonchev–Trinajstić information content (AvgIpc) is 2.88. The van der Waals surface area contributed by atoms with Gasteiger partial charge in [0.15, 0.2) is 0 Å². The smallest absolute Gasteiger partial charge is 0.123 e. The molecule has 1 N–H and O–H groups in total. The Hall–Kier alpha value is -2.27. The van der Waals surface area contributed by atoms with E-state index in [1.165, 1.54) is 6.07 Å². The molecule has 0 aliphatic rings. The summed E-state index contributed by atoms with van der Waals surface area (Å²) in [5.74, 6) is -0.236. The summed E-state index contributed by atoms with van der Waals surface area (Å²) in [5.41, 5.74) is 2.79. The molecule has 0 saturated heterocycles. The van der Waals surface area contributed by atoms with Crippen LogP contribution in [0, 0.1) is 5.82 Å². The Balaban J connectivity index is 2.11. The lowest BCUT2D eigenvalue weighted by Crippen LogP contribution is -2.22. The van der Waals surface area contributed by atoms with Crippen molar-refractivity contribution in [1.29, 1.82) is 0 Å². The Morgan fingerprint density at radius 1 is 1.35 bits per heavy atom. The summed E-state index contributed by atoms with van der Waals surface area (Å²) in [6, 6.07) is 6.53. The van der Waals surface area contributed by atoms with Gasteiger partial charge in [0.1, 0.15) is 5.82 Å². The van der Waals surface area contributed by atoms with Crippen LogP contribution in [0.1, 0.15) is 24.1 Å². The van der Waals surface area contributed by atoms with Crippen LogP contribution in [-0.4, -0.2) is 21.1 Å². The summed E-state index contributed by atoms with van der Waals surface area (Å²) in [6.45, 7) is 2.80. The Labute approximate surface area is 116 Å². The van der Waals surface area contributed by atoms with Crippen molar-refractivity contribution in [3.05, 3.63) is 66.0 Å². The highest BCUT2D eigenvalue weighted by Crippen LogP contribution is 2.25. The second-order valence-corrected chi connectivity index (χ2v) is 4.55. The molecule has 2 aromatic heterocycles. The summed E-state index contributed by atoms with van der Waals surface area (Å²) < 4.78 is 15.2. The summed E-state index contributed by atoms with van der Waals surface area (Å²) >= 11 is 0. The fraction of sp³-hybridized carbons (Fsp3) is 0.200. The van der Waals surface area contributed by atoms with Crippen molar-refractivity contribution in [2.45, 2.75) is 13.0 Å². The highest BCUT2D eigenvalue weighted by atomic mass is 19.1. The van der Waals surface area contributed by atoms with E-state index in [1.54, 1.807) is 41.4 Å². The molecule has 5 heteroatoms. The maximum Gasteiger partial charge on any atom is 0.123 e. The minimum atomic E-state index is -0.236. The highest BCUT2D eigenvalue weighted by molar-refractivity contribution is 5.55. The maximum absolute atomic E-state index is 13.5. The number of hydrogen-bond donors (Lipinski definition) is 1. The molecule has 2 heterocycles. The lowest BCUT2D eigenvalue weighted by atomic mass is 10.00. The van der Waals surface area contributed by atoms with Gasteiger partial charge in [-0.25, -0.2) is 8.91 Å². The van der Waals surface area contributed by atoms with Crippen LogP contribution in [0.25, 0.3) is 5.52 Å². The largest absolute Gasteiger partial charge is 0.306 e. The van der Waals surface area contributed by atoms with E-state index in [0.29, 0.717) is 0 Å². The predicted octanol–water partition coefficient (Wildman–Crippen LogP) is 2.57. The minimum Gasteiger partial charge on any atom is -0.306 e. The second-order valence-electron chi connectivity index (χ2n) is 4.55. The van der Waals surface area contributed by atoms with Gasteiger partial charge in [0, 0.05) is 18.0 Å². The van der Waals surface area contributed by atoms with Gasteiger partial charge in [0.2, 0.25) is 0 Å². The lowest BCUT2D eigenvalue weighted by molar-refractivity contribution is 0.604. The van der Waals surface area contributed by atoms with Gasteiger partial charge in [-0.05, 0) is 24.2 Å². The minimum absolute atomic E-state index is 0.0996. The molecule has 0 aliphatic heterocycles. The number of aromatic nitrogens is 3. The van der Waals surface area contributed by atoms with E-state index in [4.69, 9.17) is 0 Å². The topological polar surface area (TPSA) is 42.2 Å². The fourth-order valence-electron chi connectivity index (χ4n) is 2.37. The standard InChI is InChI=1S/C15H15FN4/c1-2-18-15(11-4-3-5-12(16)8-11)13-9-19-20-7-6-17-10-14(13)20/h3-10,15,18H,2H2,1H3. The Morgan fingerprint density at radius 3 is 3.05 bits per heavy atom. The first-order valence-corrected chi connectivity index (χ1v) is 6.55. The van der Waals surface area contributed by atoms with E-state index in [2.05, 4.69) is 15.4 Å². The molecular weight excluding hydrogens is 255 g/mol. The molecule has 0 saturated carbocycles. The van der Waals surface area contributed by atoms with Gasteiger partial charge in [-0.15, -0.1) is 0 Å². The van der Waals surface area contributed by atoms with Crippen LogP contribution in [0.5, 0.6) is 0 Å². The van der Waals surface area contributed by atoms with Crippen molar-refractivity contribution in [2.75, 3.05) is 6.54 Å². The van der Waals surface area contributed by atoms with Crippen LogP contribution in [0.15, 0.2) is 49.1 Å². The number of benzene rings is 1. The molecule has 1 aromatic carbocycles. The van der Waals surface area contributed by atoms with Gasteiger partial charge in [0.25, 0.3) is 0 Å². The van der Waals surface area contributed by atoms with Crippen molar-refractivity contribution >= 4 is 5.52 Å². The van der Waals surface area contributed by atoms with Crippen molar-refractivity contribution < 1.29 is 4.39 Å². The summed E-state index contributed by atoms with van der Waals surface area (Å²) in [5, 5.41) is 7.69. The van der Waals surface area contributed by atoms with E-state index in [1.807, 2.05) is 13.0 Å². The molecule has 102 valence electrons. The van der Waals surface area contributed by atoms with Crippen molar-refractivity contribution in [3.63, 3.8) is 0 Å². The molecule has 4 nitrogen and oxygen atoms in total. The zero-order chi connectivity index (χ0) is 13.9. The summed E-state index contributed by atoms with van der Waals surface area (Å²) in [7, 11) is 0. The molecule has 0 amide bonds. The molecule has 0 fully saturated rings. The van der Waals surface area contributed by atoms with Crippen LogP contribution >= 0.6 is 0 Å². The maximum atomic E-state index is 13.5. The Bertz CT molecular complexity index is 722. The molecule has 0 radical (unpaired) electrons. The Kier molecular flexibility index (Phi) is 3.43. The fourth-order valence-corrected chi connectivity index (χ4v) is 2.37. The first kappa shape index (κ1) is 12.7. The first-order valence-electron chi connectivity index (χ1n) is 6.55. The van der Waals surface area contributed by atoms with Gasteiger partial charge < -0.3 is 5.32 Å². The number of nitrogens with one attached hydrogen (secondary N) is 1. The number of rotatable bonds is 4. The van der Waals surface area contributed by atoms with Gasteiger partial charge in [0.05, 0.1) is 24.0 Å². The van der Waals surface area contributed by atoms with E-state index in [9.17, 15) is 4.39 Å². The molecular formula is C15H15FN4. The number of nitrogens with zero attached hydrogens (tertiary/aromatic N) is 3. The predicted molar refractivity (Wildman–Crippen MR) is 74.9 cm³/mol. The SMILES string of the molecule is CCNC(c1cccc(F)c1)c1cnn2ccncc12. The Morgan fingerprint density at radius 2 is 2.25 bits per heavy atom. The van der Waals surface area contributed by atoms with Crippen LogP contribution in [-0.2, 0) is 0 Å². The zero-order valence-electron chi connectivity index (χ0n) is 11.1. The second kappa shape index (κ2) is 5.38. The van der Waals surface area contributed by atoms with Crippen LogP contribution in [0.4, 0.5) is 4.39 Å². The number of halogens is 1. The van der Waals surface area contributed by atoms with Crippen LogP contribution in [0.3, 0.4) is 0 Å². The van der Waals surface area contributed by atoms with Crippen molar-refractivity contribution in [1.82, 2.24) is 19.9 Å². The quantitative estimate of drug-likeness (QED) is 0.792. The van der Waals surface area contributed by atoms with E-state index in [-0.39, 0.29) is 11.9 Å². The van der Waals surface area contributed by atoms with Gasteiger partial charge in [-0.1, -0.05) is 19.1 Å². The monoisotopic (exact) mass is 270 g/mol. The summed E-state index contributed by atoms with van der Waals surface area (Å²) in [4.78, 5) is 4.14. The van der Waals surface area contributed by atoms with E-state index in [0.717, 1.165) is 23.2 Å². The first-order chi connectivity index (χ1) is 9.79. The van der Waals surface area contributed by atoms with Gasteiger partial charge in [-0.2, -0.15) is 5.10 Å². The van der Waals surface area contributed by atoms with Crippen molar-refractivity contribution in [2.24, 2.45) is 0 Å². The van der Waals surface area contributed by atoms with Gasteiger partial charge in [-0.3, -0.25) is 4.98 Å². The van der Waals surface area contributed by atoms with Gasteiger partial charge >= 0.3 is 0 Å². The average molecular weight is 270 g/mol. The molecule has 3 rings (SSSR count). The molecule has 3 aromatic rings. The van der Waals surface area contributed by atoms with E-state index < -0.39 is 0 Å². The highest BCUT2D eigenvalue weighted by Gasteiger charge is 2.18. The number of hydrogen-bond acceptors (Lipinski definition) is 3. The number of fused-ring (bicyclic) bond motifs is 1. The molecule has 0 spiro atoms. The molecule has 0 aliphatic carbocycles. The molecule has 1 unspecified atom stereocenters. The molecule has 20 heavy (non-hydrogen) atoms. The third kappa shape index (κ3) is 2.28. The van der Waals surface area contributed by atoms with E-state index >= 15 is 0 Å². The normalized spacial score (nSPS) is 12.7. The van der Waals surface area contributed by atoms with Crippen LogP contribution < -0.4 is 5.32 Å². The molecule has 0 bridgehead atoms. The van der Waals surface area contributed by atoms with Crippen LogP contribution in [0.2, 0.25) is 0 Å². The third-order valence-corrected chi connectivity index (χ3v) is 3.26. The van der Waals surface area contributed by atoms with Crippen molar-refractivity contribution in [3.8, 4) is 0 Å². The molecule has 1 atom stereocenters. The third-order valence-electron chi connectivity index (χ3n) is 3.26. The lowest BCUT2D eigenvalue weighted by Gasteiger charge is -2.17. The summed E-state index contributed by atoms with van der Waals surface area (Å²) in [6.07, 6.45) is 7.06. The zero-order valence-corrected chi connectivity index (χ0v) is 11.1.